The number of aliphatic imine (C=N–C) groups is 1. The van der Waals surface area contributed by atoms with Crippen molar-refractivity contribution in [3.63, 3.8) is 0 Å². The maximum Gasteiger partial charge on any atom is 0.193 e. The Kier molecular flexibility index (Phi) is 5.95. The quantitative estimate of drug-likeness (QED) is 0.340. The van der Waals surface area contributed by atoms with E-state index in [1.54, 1.807) is 25.3 Å². The maximum atomic E-state index is 14.1. The summed E-state index contributed by atoms with van der Waals surface area (Å²) >= 11 is 4.35. The van der Waals surface area contributed by atoms with Crippen LogP contribution in [-0.4, -0.2) is 26.2 Å². The van der Waals surface area contributed by atoms with Crippen LogP contribution in [0.15, 0.2) is 46.3 Å². The summed E-state index contributed by atoms with van der Waals surface area (Å²) in [6.45, 7) is 0.810. The van der Waals surface area contributed by atoms with Crippen molar-refractivity contribution in [1.82, 2.24) is 0 Å². The number of nitrogens with one attached hydrogen (secondary N) is 1. The molecule has 122 valence electrons. The second-order valence-corrected chi connectivity index (χ2v) is 5.19. The van der Waals surface area contributed by atoms with Crippen molar-refractivity contribution in [3.8, 4) is 11.1 Å². The number of hydrogen-bond acceptors (Lipinski definition) is 3. The van der Waals surface area contributed by atoms with Crippen LogP contribution in [-0.2, 0) is 4.74 Å². The number of benzene rings is 2. The Morgan fingerprint density at radius 3 is 2.78 bits per heavy atom. The Hall–Kier alpha value is -2.12. The fourth-order valence-corrected chi connectivity index (χ4v) is 2.29. The lowest BCUT2D eigenvalue weighted by atomic mass is 10.0. The van der Waals surface area contributed by atoms with Crippen molar-refractivity contribution >= 4 is 24.3 Å². The normalized spacial score (nSPS) is 11.6. The molecule has 0 atom stereocenters. The Morgan fingerprint density at radius 2 is 2.04 bits per heavy atom. The molecule has 2 rings (SSSR count). The van der Waals surface area contributed by atoms with E-state index in [9.17, 15) is 8.78 Å². The lowest BCUT2D eigenvalue weighted by molar-refractivity contribution is 0.208. The van der Waals surface area contributed by atoms with E-state index in [0.29, 0.717) is 29.3 Å². The fourth-order valence-electron chi connectivity index (χ4n) is 2.02. The number of para-hydroxylation sites is 1. The van der Waals surface area contributed by atoms with Crippen LogP contribution in [0.25, 0.3) is 11.1 Å². The molecule has 0 unspecified atom stereocenters. The summed E-state index contributed by atoms with van der Waals surface area (Å²) in [5.41, 5.74) is 6.83. The minimum absolute atomic E-state index is 0.119. The third kappa shape index (κ3) is 4.43. The van der Waals surface area contributed by atoms with E-state index in [1.807, 2.05) is 0 Å². The molecule has 0 spiro atoms. The van der Waals surface area contributed by atoms with Crippen LogP contribution in [0.3, 0.4) is 0 Å². The third-order valence-electron chi connectivity index (χ3n) is 3.09. The van der Waals surface area contributed by atoms with E-state index in [1.165, 1.54) is 0 Å². The van der Waals surface area contributed by atoms with Crippen LogP contribution in [0.2, 0.25) is 0 Å². The Morgan fingerprint density at radius 1 is 1.26 bits per heavy atom. The number of hydrogen-bond donors (Lipinski definition) is 3. The average molecular weight is 337 g/mol. The lowest BCUT2D eigenvalue weighted by Gasteiger charge is -2.15. The van der Waals surface area contributed by atoms with Gasteiger partial charge in [0.1, 0.15) is 11.6 Å². The molecule has 0 heterocycles. The van der Waals surface area contributed by atoms with Crippen molar-refractivity contribution in [3.05, 3.63) is 48.0 Å². The minimum atomic E-state index is -0.539. The summed E-state index contributed by atoms with van der Waals surface area (Å²) in [6, 6.07) is 8.34. The summed E-state index contributed by atoms with van der Waals surface area (Å²) in [7, 11) is 1.56. The molecular formula is C16H17F2N3OS. The zero-order chi connectivity index (χ0) is 16.8. The second-order valence-electron chi connectivity index (χ2n) is 4.71. The van der Waals surface area contributed by atoms with Crippen molar-refractivity contribution in [2.75, 3.05) is 25.6 Å². The lowest BCUT2D eigenvalue weighted by Crippen LogP contribution is -2.24. The highest BCUT2D eigenvalue weighted by molar-refractivity contribution is 7.80. The van der Waals surface area contributed by atoms with Crippen molar-refractivity contribution in [2.45, 2.75) is 4.90 Å². The zero-order valence-corrected chi connectivity index (χ0v) is 13.4. The molecule has 0 aliphatic carbocycles. The fraction of sp³-hybridized carbons (Fsp3) is 0.188. The van der Waals surface area contributed by atoms with E-state index in [4.69, 9.17) is 10.5 Å². The largest absolute Gasteiger partial charge is 0.383 e. The first-order chi connectivity index (χ1) is 11.0. The highest BCUT2D eigenvalue weighted by Crippen LogP contribution is 2.34. The number of anilines is 1. The van der Waals surface area contributed by atoms with Gasteiger partial charge in [-0.25, -0.2) is 8.78 Å². The van der Waals surface area contributed by atoms with Gasteiger partial charge in [-0.3, -0.25) is 4.99 Å². The highest BCUT2D eigenvalue weighted by atomic mass is 32.1. The first-order valence-corrected chi connectivity index (χ1v) is 7.31. The predicted molar refractivity (Wildman–Crippen MR) is 91.0 cm³/mol. The van der Waals surface area contributed by atoms with Gasteiger partial charge in [0.15, 0.2) is 5.96 Å². The minimum Gasteiger partial charge on any atom is -0.383 e. The molecule has 4 nitrogen and oxygen atoms in total. The number of halogens is 2. The molecule has 0 bridgehead atoms. The van der Waals surface area contributed by atoms with Crippen LogP contribution >= 0.6 is 12.6 Å². The monoisotopic (exact) mass is 337 g/mol. The molecule has 0 aliphatic heterocycles. The van der Waals surface area contributed by atoms with E-state index < -0.39 is 11.6 Å². The van der Waals surface area contributed by atoms with Gasteiger partial charge >= 0.3 is 0 Å². The molecule has 2 aromatic rings. The van der Waals surface area contributed by atoms with Gasteiger partial charge in [0.2, 0.25) is 0 Å². The molecule has 0 aromatic heterocycles. The van der Waals surface area contributed by atoms with Crippen molar-refractivity contribution in [2.24, 2.45) is 10.7 Å². The Balaban J connectivity index is 2.40. The van der Waals surface area contributed by atoms with Gasteiger partial charge < -0.3 is 15.8 Å². The maximum absolute atomic E-state index is 14.1. The number of nitrogens with two attached hydrogens (primary N) is 1. The summed E-state index contributed by atoms with van der Waals surface area (Å²) < 4.78 is 32.4. The molecule has 0 aliphatic rings. The smallest absolute Gasteiger partial charge is 0.193 e. The second kappa shape index (κ2) is 7.94. The third-order valence-corrected chi connectivity index (χ3v) is 3.46. The predicted octanol–water partition coefficient (Wildman–Crippen LogP) is 3.29. The number of rotatable bonds is 5. The number of thiol groups is 1. The molecule has 0 fully saturated rings. The van der Waals surface area contributed by atoms with Gasteiger partial charge in [0.05, 0.1) is 18.8 Å². The molecule has 2 aromatic carbocycles. The zero-order valence-electron chi connectivity index (χ0n) is 12.5. The first kappa shape index (κ1) is 17.2. The van der Waals surface area contributed by atoms with E-state index in [0.717, 1.165) is 18.2 Å². The van der Waals surface area contributed by atoms with Crippen LogP contribution in [0.5, 0.6) is 0 Å². The summed E-state index contributed by atoms with van der Waals surface area (Å²) in [4.78, 5) is 4.62. The molecular weight excluding hydrogens is 320 g/mol. The van der Waals surface area contributed by atoms with E-state index >= 15 is 0 Å². The number of guanidine groups is 1. The highest BCUT2D eigenvalue weighted by Gasteiger charge is 2.14. The summed E-state index contributed by atoms with van der Waals surface area (Å²) in [5.74, 6) is -0.927. The summed E-state index contributed by atoms with van der Waals surface area (Å²) in [5, 5.41) is 2.89. The number of ether oxygens (including phenoxy) is 1. The first-order valence-electron chi connectivity index (χ1n) is 6.86. The van der Waals surface area contributed by atoms with Gasteiger partial charge in [0, 0.05) is 23.1 Å². The molecule has 7 heteroatoms. The number of methoxy groups -OCH3 is 1. The van der Waals surface area contributed by atoms with Crippen molar-refractivity contribution < 1.29 is 13.5 Å². The van der Waals surface area contributed by atoms with Gasteiger partial charge in [0.25, 0.3) is 0 Å². The molecule has 0 saturated carbocycles. The number of nitrogens with zero attached hydrogens (tertiary/aromatic N) is 1. The van der Waals surface area contributed by atoms with Crippen LogP contribution < -0.4 is 11.1 Å². The molecule has 0 amide bonds. The van der Waals surface area contributed by atoms with Gasteiger partial charge in [-0.15, -0.1) is 12.6 Å². The standard InChI is InChI=1S/C16H17F2N3OS/c1-22-8-7-20-16(19)21-15-11(3-2-4-14(15)23)12-9-10(17)5-6-13(12)18/h2-6,9,23H,7-8H2,1H3,(H3,19,20,21). The van der Waals surface area contributed by atoms with E-state index in [-0.39, 0.29) is 11.5 Å². The average Bonchev–Trinajstić information content (AvgIpc) is 2.52. The van der Waals surface area contributed by atoms with Crippen LogP contribution in [0.1, 0.15) is 0 Å². The van der Waals surface area contributed by atoms with Gasteiger partial charge in [-0.1, -0.05) is 12.1 Å². The Labute approximate surface area is 138 Å². The molecule has 0 radical (unpaired) electrons. The van der Waals surface area contributed by atoms with E-state index in [2.05, 4.69) is 22.9 Å². The van der Waals surface area contributed by atoms with Crippen molar-refractivity contribution in [1.29, 1.82) is 0 Å². The van der Waals surface area contributed by atoms with Crippen LogP contribution in [0.4, 0.5) is 14.5 Å². The molecule has 23 heavy (non-hydrogen) atoms. The topological polar surface area (TPSA) is 59.6 Å². The SMILES string of the molecule is COCCN=C(N)Nc1c(S)cccc1-c1cc(F)ccc1F. The van der Waals surface area contributed by atoms with Gasteiger partial charge in [-0.2, -0.15) is 0 Å². The summed E-state index contributed by atoms with van der Waals surface area (Å²) in [6.07, 6.45) is 0. The molecule has 0 saturated heterocycles. The van der Waals surface area contributed by atoms with Crippen LogP contribution in [0, 0.1) is 11.6 Å². The van der Waals surface area contributed by atoms with Gasteiger partial charge in [-0.05, 0) is 24.3 Å². The Bertz CT molecular complexity index is 722. The molecule has 3 N–H and O–H groups in total.